The number of anilines is 2. The molecule has 12 heteroatoms. The molecule has 1 aromatic carbocycles. The van der Waals surface area contributed by atoms with Gasteiger partial charge in [0.2, 0.25) is 11.8 Å². The van der Waals surface area contributed by atoms with Crippen molar-refractivity contribution >= 4 is 29.0 Å². The van der Waals surface area contributed by atoms with Gasteiger partial charge in [-0.2, -0.15) is 5.10 Å². The van der Waals surface area contributed by atoms with E-state index >= 15 is 0 Å². The van der Waals surface area contributed by atoms with Gasteiger partial charge in [0.05, 0.1) is 18.6 Å². The van der Waals surface area contributed by atoms with Gasteiger partial charge in [-0.3, -0.25) is 14.3 Å². The number of amides is 2. The highest BCUT2D eigenvalue weighted by Gasteiger charge is 2.30. The molecule has 1 aliphatic rings. The third-order valence-corrected chi connectivity index (χ3v) is 4.96. The van der Waals surface area contributed by atoms with Gasteiger partial charge < -0.3 is 21.1 Å². The van der Waals surface area contributed by atoms with E-state index in [2.05, 4.69) is 25.8 Å². The van der Waals surface area contributed by atoms with Crippen LogP contribution in [0.15, 0.2) is 48.8 Å². The Kier molecular flexibility index (Phi) is 5.18. The third-order valence-electron chi connectivity index (χ3n) is 4.96. The van der Waals surface area contributed by atoms with Gasteiger partial charge in [0, 0.05) is 24.2 Å². The summed E-state index contributed by atoms with van der Waals surface area (Å²) in [5.41, 5.74) is 6.02. The van der Waals surface area contributed by atoms with Crippen molar-refractivity contribution in [1.82, 2.24) is 24.4 Å². The minimum atomic E-state index is -0.636. The number of imidazole rings is 1. The smallest absolute Gasteiger partial charge is 0.276 e. The van der Waals surface area contributed by atoms with E-state index in [0.29, 0.717) is 11.5 Å². The lowest BCUT2D eigenvalue weighted by Crippen LogP contribution is -2.15. The van der Waals surface area contributed by atoms with E-state index in [1.165, 1.54) is 33.5 Å². The van der Waals surface area contributed by atoms with Crippen LogP contribution >= 0.6 is 0 Å². The van der Waals surface area contributed by atoms with Crippen molar-refractivity contribution in [2.75, 3.05) is 10.6 Å². The molecule has 0 spiro atoms. The Balaban J connectivity index is 1.31. The van der Waals surface area contributed by atoms with Gasteiger partial charge in [-0.15, -0.1) is 5.10 Å². The maximum atomic E-state index is 14.3. The molecule has 0 bridgehead atoms. The van der Waals surface area contributed by atoms with Crippen LogP contribution in [0.1, 0.15) is 23.3 Å². The summed E-state index contributed by atoms with van der Waals surface area (Å²) in [4.78, 5) is 28.6. The van der Waals surface area contributed by atoms with Gasteiger partial charge in [-0.1, -0.05) is 0 Å². The lowest BCUT2D eigenvalue weighted by Gasteiger charge is -2.09. The van der Waals surface area contributed by atoms with Crippen molar-refractivity contribution in [3.8, 4) is 11.6 Å². The van der Waals surface area contributed by atoms with Crippen molar-refractivity contribution in [3.05, 3.63) is 60.3 Å². The minimum absolute atomic E-state index is 0.0504. The van der Waals surface area contributed by atoms with Gasteiger partial charge in [-0.25, -0.2) is 13.9 Å². The van der Waals surface area contributed by atoms with Crippen molar-refractivity contribution in [2.45, 2.75) is 19.5 Å². The summed E-state index contributed by atoms with van der Waals surface area (Å²) < 4.78 is 22.8. The number of ether oxygens (including phenoxy) is 1. The summed E-state index contributed by atoms with van der Waals surface area (Å²) in [6.45, 7) is 0.119. The molecular weight excluding hydrogens is 431 g/mol. The summed E-state index contributed by atoms with van der Waals surface area (Å²) in [6.07, 6.45) is 4.92. The second kappa shape index (κ2) is 8.31. The van der Waals surface area contributed by atoms with Gasteiger partial charge in [0.15, 0.2) is 17.2 Å². The molecule has 1 aliphatic carbocycles. The van der Waals surface area contributed by atoms with Crippen LogP contribution in [-0.2, 0) is 11.5 Å². The van der Waals surface area contributed by atoms with E-state index in [-0.39, 0.29) is 41.5 Å². The topological polar surface area (TPSA) is 141 Å². The molecule has 0 saturated heterocycles. The molecule has 5 rings (SSSR count). The molecule has 0 unspecified atom stereocenters. The third kappa shape index (κ3) is 4.50. The number of aromatic nitrogens is 5. The van der Waals surface area contributed by atoms with Crippen LogP contribution in [0.2, 0.25) is 0 Å². The molecule has 2 amide bonds. The standard InChI is InChI=1S/C21H19FN8O3/c22-14-4-3-13(9-16(14)24-21(32)15-7-8-29(11-23)27-15)33-19-6-5-18-25-17(10-30(18)28-19)26-20(31)12-1-2-12/h3-10,12H,1-2,11,23H2,(H,24,32)(H,26,31). The van der Waals surface area contributed by atoms with Crippen LogP contribution in [0.25, 0.3) is 5.65 Å². The number of carbonyl (C=O) groups is 2. The predicted octanol–water partition coefficient (Wildman–Crippen LogP) is 2.37. The van der Waals surface area contributed by atoms with Crippen LogP contribution in [0.5, 0.6) is 11.6 Å². The molecule has 0 radical (unpaired) electrons. The Bertz CT molecular complexity index is 1360. The van der Waals surface area contributed by atoms with E-state index in [4.69, 9.17) is 10.5 Å². The molecule has 33 heavy (non-hydrogen) atoms. The predicted molar refractivity (Wildman–Crippen MR) is 115 cm³/mol. The first-order chi connectivity index (χ1) is 16.0. The quantitative estimate of drug-likeness (QED) is 0.392. The largest absolute Gasteiger partial charge is 0.438 e. The lowest BCUT2D eigenvalue weighted by molar-refractivity contribution is -0.117. The Hall–Kier alpha value is -4.32. The van der Waals surface area contributed by atoms with Crippen LogP contribution in [0.4, 0.5) is 15.9 Å². The molecule has 4 N–H and O–H groups in total. The Morgan fingerprint density at radius 2 is 2.00 bits per heavy atom. The molecule has 4 aromatic rings. The van der Waals surface area contributed by atoms with Crippen LogP contribution in [0.3, 0.4) is 0 Å². The fourth-order valence-corrected chi connectivity index (χ4v) is 3.11. The molecular formula is C21H19FN8O3. The molecule has 1 fully saturated rings. The van der Waals surface area contributed by atoms with Crippen LogP contribution < -0.4 is 21.1 Å². The summed E-state index contributed by atoms with van der Waals surface area (Å²) in [6, 6.07) is 8.67. The Labute approximate surface area is 186 Å². The first kappa shape index (κ1) is 20.6. The van der Waals surface area contributed by atoms with Crippen molar-refractivity contribution in [3.63, 3.8) is 0 Å². The second-order valence-electron chi connectivity index (χ2n) is 7.48. The number of rotatable bonds is 7. The van der Waals surface area contributed by atoms with Gasteiger partial charge in [0.1, 0.15) is 11.6 Å². The van der Waals surface area contributed by atoms with E-state index in [1.54, 1.807) is 24.5 Å². The van der Waals surface area contributed by atoms with Crippen LogP contribution in [0, 0.1) is 11.7 Å². The van der Waals surface area contributed by atoms with E-state index in [1.807, 2.05) is 0 Å². The van der Waals surface area contributed by atoms with E-state index < -0.39 is 11.7 Å². The van der Waals surface area contributed by atoms with Crippen molar-refractivity contribution in [2.24, 2.45) is 11.7 Å². The number of hydrogen-bond donors (Lipinski definition) is 3. The van der Waals surface area contributed by atoms with Gasteiger partial charge >= 0.3 is 0 Å². The minimum Gasteiger partial charge on any atom is -0.438 e. The molecule has 3 aromatic heterocycles. The normalized spacial score (nSPS) is 13.2. The van der Waals surface area contributed by atoms with Gasteiger partial charge in [-0.05, 0) is 37.1 Å². The maximum Gasteiger partial charge on any atom is 0.276 e. The highest BCUT2D eigenvalue weighted by Crippen LogP contribution is 2.30. The average molecular weight is 450 g/mol. The fourth-order valence-electron chi connectivity index (χ4n) is 3.11. The lowest BCUT2D eigenvalue weighted by atomic mass is 10.2. The Morgan fingerprint density at radius 1 is 1.15 bits per heavy atom. The monoisotopic (exact) mass is 450 g/mol. The highest BCUT2D eigenvalue weighted by atomic mass is 19.1. The zero-order valence-electron chi connectivity index (χ0n) is 17.2. The molecule has 11 nitrogen and oxygen atoms in total. The first-order valence-electron chi connectivity index (χ1n) is 10.2. The number of nitrogens with one attached hydrogen (secondary N) is 2. The fraction of sp³-hybridized carbons (Fsp3) is 0.190. The first-order valence-corrected chi connectivity index (χ1v) is 10.2. The number of carbonyl (C=O) groups excluding carboxylic acids is 2. The number of benzene rings is 1. The number of hydrogen-bond acceptors (Lipinski definition) is 7. The zero-order valence-corrected chi connectivity index (χ0v) is 17.2. The Morgan fingerprint density at radius 3 is 2.76 bits per heavy atom. The number of nitrogens with zero attached hydrogens (tertiary/aromatic N) is 5. The van der Waals surface area contributed by atoms with E-state index in [0.717, 1.165) is 12.8 Å². The summed E-state index contributed by atoms with van der Waals surface area (Å²) in [7, 11) is 0. The summed E-state index contributed by atoms with van der Waals surface area (Å²) >= 11 is 0. The molecule has 1 saturated carbocycles. The van der Waals surface area contributed by atoms with Crippen molar-refractivity contribution < 1.29 is 18.7 Å². The molecule has 3 heterocycles. The molecule has 0 aliphatic heterocycles. The van der Waals surface area contributed by atoms with Crippen LogP contribution in [-0.4, -0.2) is 36.2 Å². The SMILES string of the molecule is NCn1ccc(C(=O)Nc2cc(Oc3ccc4nc(NC(=O)C5CC5)cn4n3)ccc2F)n1. The summed E-state index contributed by atoms with van der Waals surface area (Å²) in [5.74, 6) is -0.337. The molecule has 168 valence electrons. The van der Waals surface area contributed by atoms with Crippen molar-refractivity contribution in [1.29, 1.82) is 0 Å². The number of nitrogens with two attached hydrogens (primary N) is 1. The highest BCUT2D eigenvalue weighted by molar-refractivity contribution is 6.03. The zero-order chi connectivity index (χ0) is 22.9. The number of halogens is 1. The maximum absolute atomic E-state index is 14.3. The second-order valence-corrected chi connectivity index (χ2v) is 7.48. The molecule has 0 atom stereocenters. The summed E-state index contributed by atoms with van der Waals surface area (Å²) in [5, 5.41) is 13.5. The van der Waals surface area contributed by atoms with E-state index in [9.17, 15) is 14.0 Å². The number of fused-ring (bicyclic) bond motifs is 1. The average Bonchev–Trinajstić information content (AvgIpc) is 3.41. The van der Waals surface area contributed by atoms with Gasteiger partial charge in [0.25, 0.3) is 5.91 Å².